The predicted octanol–water partition coefficient (Wildman–Crippen LogP) is 4.36. The third-order valence-corrected chi connectivity index (χ3v) is 8.12. The predicted molar refractivity (Wildman–Crippen MR) is 159 cm³/mol. The Hall–Kier alpha value is -4.16. The first kappa shape index (κ1) is 29.3. The fourth-order valence-corrected chi connectivity index (χ4v) is 6.52. The van der Waals surface area contributed by atoms with Gasteiger partial charge in [0.05, 0.1) is 42.2 Å². The fraction of sp³-hybridized carbons (Fsp3) is 0.300. The van der Waals surface area contributed by atoms with Crippen LogP contribution in [-0.4, -0.2) is 40.8 Å². The van der Waals surface area contributed by atoms with Gasteiger partial charge < -0.3 is 18.6 Å². The molecule has 0 aliphatic carbocycles. The number of rotatable bonds is 9. The Kier molecular flexibility index (Phi) is 8.64. The topological polar surface area (TPSA) is 118 Å². The smallest absolute Gasteiger partial charge is 0.338 e. The van der Waals surface area contributed by atoms with Crippen LogP contribution in [0.15, 0.2) is 72.1 Å². The van der Waals surface area contributed by atoms with Gasteiger partial charge in [0.1, 0.15) is 5.76 Å². The molecule has 4 aromatic rings. The molecule has 0 fully saturated rings. The molecule has 1 aliphatic heterocycles. The van der Waals surface area contributed by atoms with Crippen LogP contribution in [0.4, 0.5) is 0 Å². The molecule has 218 valence electrons. The van der Waals surface area contributed by atoms with Gasteiger partial charge in [0.15, 0.2) is 26.5 Å². The second-order valence-corrected chi connectivity index (χ2v) is 11.3. The summed E-state index contributed by atoms with van der Waals surface area (Å²) in [6, 6.07) is 10.1. The SMILES string of the molecule is CCOC(=O)C1=C(C)N=c2s/c(=C/c3ccc(Sc4nc(C)cc(C)n4)o3)c(=O)n2[C@H]1c1ccc(OC)c(OCC)c1. The van der Waals surface area contributed by atoms with E-state index in [1.54, 1.807) is 45.2 Å². The van der Waals surface area contributed by atoms with Crippen molar-refractivity contribution in [3.8, 4) is 11.5 Å². The lowest BCUT2D eigenvalue weighted by Gasteiger charge is -2.25. The van der Waals surface area contributed by atoms with Gasteiger partial charge in [-0.2, -0.15) is 0 Å². The van der Waals surface area contributed by atoms with Gasteiger partial charge in [0, 0.05) is 17.5 Å². The molecule has 3 aromatic heterocycles. The summed E-state index contributed by atoms with van der Waals surface area (Å²) in [7, 11) is 1.56. The molecule has 0 amide bonds. The molecule has 12 heteroatoms. The molecule has 0 bridgehead atoms. The van der Waals surface area contributed by atoms with Crippen LogP contribution in [0.25, 0.3) is 6.08 Å². The van der Waals surface area contributed by atoms with E-state index in [-0.39, 0.29) is 17.7 Å². The second kappa shape index (κ2) is 12.4. The first-order valence-corrected chi connectivity index (χ1v) is 15.0. The van der Waals surface area contributed by atoms with Crippen molar-refractivity contribution in [2.75, 3.05) is 20.3 Å². The van der Waals surface area contributed by atoms with Gasteiger partial charge in [-0.25, -0.2) is 19.8 Å². The average molecular weight is 607 g/mol. The van der Waals surface area contributed by atoms with Crippen LogP contribution in [0.3, 0.4) is 0 Å². The van der Waals surface area contributed by atoms with E-state index >= 15 is 0 Å². The number of hydrogen-bond acceptors (Lipinski definition) is 11. The van der Waals surface area contributed by atoms with Crippen molar-refractivity contribution in [2.45, 2.75) is 50.9 Å². The maximum atomic E-state index is 13.9. The first-order chi connectivity index (χ1) is 20.2. The average Bonchev–Trinajstić information content (AvgIpc) is 3.50. The van der Waals surface area contributed by atoms with E-state index in [0.29, 0.717) is 54.7 Å². The number of aryl methyl sites for hydroxylation is 2. The van der Waals surface area contributed by atoms with E-state index in [0.717, 1.165) is 11.4 Å². The van der Waals surface area contributed by atoms with Gasteiger partial charge in [-0.3, -0.25) is 9.36 Å². The molecule has 10 nitrogen and oxygen atoms in total. The number of aromatic nitrogens is 3. The lowest BCUT2D eigenvalue weighted by molar-refractivity contribution is -0.139. The molecular formula is C30H30N4O6S2. The van der Waals surface area contributed by atoms with Crippen LogP contribution in [0.2, 0.25) is 0 Å². The number of methoxy groups -OCH3 is 1. The van der Waals surface area contributed by atoms with E-state index < -0.39 is 12.0 Å². The Labute approximate surface area is 250 Å². The van der Waals surface area contributed by atoms with Gasteiger partial charge in [0.25, 0.3) is 5.56 Å². The summed E-state index contributed by atoms with van der Waals surface area (Å²) in [4.78, 5) is 41.1. The highest BCUT2D eigenvalue weighted by molar-refractivity contribution is 7.99. The summed E-state index contributed by atoms with van der Waals surface area (Å²) in [6.45, 7) is 9.79. The van der Waals surface area contributed by atoms with E-state index in [9.17, 15) is 9.59 Å². The maximum Gasteiger partial charge on any atom is 0.338 e. The number of furan rings is 1. The van der Waals surface area contributed by atoms with Crippen LogP contribution >= 0.6 is 23.1 Å². The molecule has 5 rings (SSSR count). The molecule has 0 spiro atoms. The summed E-state index contributed by atoms with van der Waals surface area (Å²) in [5.74, 6) is 1.01. The quantitative estimate of drug-likeness (QED) is 0.202. The Morgan fingerprint density at radius 3 is 2.52 bits per heavy atom. The highest BCUT2D eigenvalue weighted by Gasteiger charge is 2.34. The number of hydrogen-bond donors (Lipinski definition) is 0. The molecule has 0 saturated heterocycles. The van der Waals surface area contributed by atoms with Crippen molar-refractivity contribution in [1.82, 2.24) is 14.5 Å². The molecule has 1 aliphatic rings. The van der Waals surface area contributed by atoms with Crippen molar-refractivity contribution in [1.29, 1.82) is 0 Å². The number of esters is 1. The standard InChI is InChI=1S/C30H30N4O6S2/c1-7-38-22-14-19(9-11-21(22)37-6)26-25(28(36)39-8-2)18(5)33-30-34(26)27(35)23(41-30)15-20-10-12-24(40-20)42-29-31-16(3)13-17(4)32-29/h9-15,26H,7-8H2,1-6H3/b23-15+/t26-/m0/s1. The number of fused-ring (bicyclic) bond motifs is 1. The summed E-state index contributed by atoms with van der Waals surface area (Å²) < 4.78 is 24.6. The molecule has 1 aromatic carbocycles. The monoisotopic (exact) mass is 606 g/mol. The molecule has 0 radical (unpaired) electrons. The zero-order valence-corrected chi connectivity index (χ0v) is 25.7. The summed E-state index contributed by atoms with van der Waals surface area (Å²) in [5, 5.41) is 1.18. The van der Waals surface area contributed by atoms with Crippen LogP contribution in [-0.2, 0) is 9.53 Å². The number of benzene rings is 1. The summed E-state index contributed by atoms with van der Waals surface area (Å²) in [6.07, 6.45) is 1.68. The van der Waals surface area contributed by atoms with E-state index in [4.69, 9.17) is 18.6 Å². The molecule has 0 N–H and O–H groups in total. The van der Waals surface area contributed by atoms with Gasteiger partial charge in [-0.15, -0.1) is 0 Å². The molecule has 4 heterocycles. The normalized spacial score (nSPS) is 14.9. The first-order valence-electron chi connectivity index (χ1n) is 13.3. The van der Waals surface area contributed by atoms with Crippen LogP contribution in [0, 0.1) is 13.8 Å². The number of thiazole rings is 1. The number of nitrogens with zero attached hydrogens (tertiary/aromatic N) is 4. The lowest BCUT2D eigenvalue weighted by atomic mass is 9.95. The van der Waals surface area contributed by atoms with Gasteiger partial charge in [-0.05, 0) is 82.3 Å². The molecule has 1 atom stereocenters. The molecule has 0 unspecified atom stereocenters. The van der Waals surface area contributed by atoms with Crippen molar-refractivity contribution in [3.05, 3.63) is 90.1 Å². The number of allylic oxidation sites excluding steroid dienone is 1. The largest absolute Gasteiger partial charge is 0.493 e. The lowest BCUT2D eigenvalue weighted by Crippen LogP contribution is -2.39. The van der Waals surface area contributed by atoms with Gasteiger partial charge >= 0.3 is 5.97 Å². The van der Waals surface area contributed by atoms with Crippen molar-refractivity contribution in [3.63, 3.8) is 0 Å². The zero-order chi connectivity index (χ0) is 30.0. The van der Waals surface area contributed by atoms with E-state index in [2.05, 4.69) is 15.0 Å². The zero-order valence-electron chi connectivity index (χ0n) is 24.1. The van der Waals surface area contributed by atoms with E-state index in [1.165, 1.54) is 27.7 Å². The van der Waals surface area contributed by atoms with Gasteiger partial charge in [0.2, 0.25) is 0 Å². The van der Waals surface area contributed by atoms with Crippen molar-refractivity contribution < 1.29 is 23.4 Å². The fourth-order valence-electron chi connectivity index (χ4n) is 4.66. The third kappa shape index (κ3) is 5.90. The third-order valence-electron chi connectivity index (χ3n) is 6.35. The van der Waals surface area contributed by atoms with Crippen LogP contribution < -0.4 is 24.4 Å². The highest BCUT2D eigenvalue weighted by atomic mass is 32.2. The molecule has 42 heavy (non-hydrogen) atoms. The Bertz CT molecular complexity index is 1850. The minimum atomic E-state index is -0.781. The van der Waals surface area contributed by atoms with Crippen LogP contribution in [0.5, 0.6) is 11.5 Å². The maximum absolute atomic E-state index is 13.9. The van der Waals surface area contributed by atoms with Crippen molar-refractivity contribution >= 4 is 35.1 Å². The number of carbonyl (C=O) groups excluding carboxylic acids is 1. The van der Waals surface area contributed by atoms with E-state index in [1.807, 2.05) is 39.0 Å². The minimum absolute atomic E-state index is 0.186. The summed E-state index contributed by atoms with van der Waals surface area (Å²) >= 11 is 2.53. The highest BCUT2D eigenvalue weighted by Crippen LogP contribution is 2.36. The number of ether oxygens (including phenoxy) is 3. The Morgan fingerprint density at radius 1 is 1.07 bits per heavy atom. The summed E-state index contributed by atoms with van der Waals surface area (Å²) in [5.41, 5.74) is 2.86. The van der Waals surface area contributed by atoms with Crippen LogP contribution in [0.1, 0.15) is 49.5 Å². The Morgan fingerprint density at radius 2 is 1.83 bits per heavy atom. The van der Waals surface area contributed by atoms with Crippen molar-refractivity contribution in [2.24, 2.45) is 4.99 Å². The minimum Gasteiger partial charge on any atom is -0.493 e. The van der Waals surface area contributed by atoms with Gasteiger partial charge in [-0.1, -0.05) is 17.4 Å². The second-order valence-electron chi connectivity index (χ2n) is 9.34. The molecular weight excluding hydrogens is 576 g/mol. The Balaban J connectivity index is 1.59. The molecule has 0 saturated carbocycles. The number of carbonyl (C=O) groups is 1.